The SMILES string of the molecule is C=CCN1C(=O)/C(=C/c2ccc(OCc3ccc(Cl)cc3Cl)c(Br)c2)C(=O)NC1=S. The van der Waals surface area contributed by atoms with Crippen molar-refractivity contribution in [3.05, 3.63) is 80.3 Å². The first-order valence-corrected chi connectivity index (χ1v) is 10.6. The van der Waals surface area contributed by atoms with Crippen molar-refractivity contribution < 1.29 is 14.3 Å². The predicted molar refractivity (Wildman–Crippen MR) is 126 cm³/mol. The van der Waals surface area contributed by atoms with Crippen LogP contribution in [-0.4, -0.2) is 28.4 Å². The number of carbonyl (C=O) groups excluding carboxylic acids is 2. The largest absolute Gasteiger partial charge is 0.488 e. The van der Waals surface area contributed by atoms with Gasteiger partial charge in [0.15, 0.2) is 5.11 Å². The molecule has 0 radical (unpaired) electrons. The highest BCUT2D eigenvalue weighted by molar-refractivity contribution is 9.10. The fourth-order valence-corrected chi connectivity index (χ4v) is 3.90. The van der Waals surface area contributed by atoms with Crippen LogP contribution in [0.2, 0.25) is 10.0 Å². The number of benzene rings is 2. The molecule has 0 aliphatic carbocycles. The van der Waals surface area contributed by atoms with Gasteiger partial charge in [-0.1, -0.05) is 41.4 Å². The molecule has 2 amide bonds. The number of rotatable bonds is 6. The van der Waals surface area contributed by atoms with Gasteiger partial charge in [-0.05, 0) is 64.1 Å². The molecule has 2 aromatic rings. The summed E-state index contributed by atoms with van der Waals surface area (Å²) >= 11 is 20.6. The van der Waals surface area contributed by atoms with Gasteiger partial charge in [0.25, 0.3) is 11.8 Å². The molecule has 154 valence electrons. The Bertz CT molecular complexity index is 1090. The minimum atomic E-state index is -0.542. The van der Waals surface area contributed by atoms with Crippen LogP contribution >= 0.6 is 51.3 Å². The van der Waals surface area contributed by atoms with Gasteiger partial charge in [-0.25, -0.2) is 0 Å². The Labute approximate surface area is 197 Å². The van der Waals surface area contributed by atoms with Gasteiger partial charge < -0.3 is 4.74 Å². The third-order valence-electron chi connectivity index (χ3n) is 4.16. The highest BCUT2D eigenvalue weighted by Gasteiger charge is 2.32. The van der Waals surface area contributed by atoms with E-state index in [1.165, 1.54) is 17.1 Å². The van der Waals surface area contributed by atoms with E-state index < -0.39 is 11.8 Å². The Hall–Kier alpha value is -2.19. The van der Waals surface area contributed by atoms with Gasteiger partial charge in [0.2, 0.25) is 0 Å². The topological polar surface area (TPSA) is 58.6 Å². The standard InChI is InChI=1S/C21H15BrCl2N2O3S/c1-2-7-26-20(28)15(19(27)25-21(26)30)8-12-3-6-18(16(22)9-12)29-11-13-4-5-14(23)10-17(13)24/h2-6,8-10H,1,7,11H2,(H,25,27,30)/b15-8+. The van der Waals surface area contributed by atoms with Gasteiger partial charge >= 0.3 is 0 Å². The lowest BCUT2D eigenvalue weighted by Gasteiger charge is -2.27. The van der Waals surface area contributed by atoms with Gasteiger partial charge in [0.05, 0.1) is 4.47 Å². The molecular formula is C21H15BrCl2N2O3S. The quantitative estimate of drug-likeness (QED) is 0.245. The van der Waals surface area contributed by atoms with Crippen molar-refractivity contribution in [1.82, 2.24) is 10.2 Å². The molecule has 1 saturated heterocycles. The second-order valence-corrected chi connectivity index (χ2v) is 8.32. The van der Waals surface area contributed by atoms with Crippen molar-refractivity contribution in [2.24, 2.45) is 0 Å². The highest BCUT2D eigenvalue weighted by atomic mass is 79.9. The summed E-state index contributed by atoms with van der Waals surface area (Å²) in [5.74, 6) is -0.436. The van der Waals surface area contributed by atoms with E-state index in [4.69, 9.17) is 40.2 Å². The van der Waals surface area contributed by atoms with Crippen LogP contribution in [0.15, 0.2) is 59.1 Å². The lowest BCUT2D eigenvalue weighted by atomic mass is 10.1. The number of hydrogen-bond acceptors (Lipinski definition) is 4. The molecule has 1 heterocycles. The monoisotopic (exact) mass is 524 g/mol. The minimum Gasteiger partial charge on any atom is -0.488 e. The summed E-state index contributed by atoms with van der Waals surface area (Å²) in [4.78, 5) is 26.1. The number of thiocarbonyl (C=S) groups is 1. The summed E-state index contributed by atoms with van der Waals surface area (Å²) in [7, 11) is 0. The third-order valence-corrected chi connectivity index (χ3v) is 5.69. The summed E-state index contributed by atoms with van der Waals surface area (Å²) in [6.45, 7) is 4.06. The molecule has 2 aromatic carbocycles. The molecule has 1 N–H and O–H groups in total. The maximum Gasteiger partial charge on any atom is 0.265 e. The molecule has 9 heteroatoms. The predicted octanol–water partition coefficient (Wildman–Crippen LogP) is 5.15. The Morgan fingerprint density at radius 3 is 2.63 bits per heavy atom. The van der Waals surface area contributed by atoms with Gasteiger partial charge in [-0.3, -0.25) is 19.8 Å². The van der Waals surface area contributed by atoms with Crippen molar-refractivity contribution in [1.29, 1.82) is 0 Å². The van der Waals surface area contributed by atoms with E-state index in [0.29, 0.717) is 25.8 Å². The van der Waals surface area contributed by atoms with Crippen molar-refractivity contribution in [3.63, 3.8) is 0 Å². The molecule has 30 heavy (non-hydrogen) atoms. The first kappa shape index (κ1) is 22.5. The molecule has 3 rings (SSSR count). The average Bonchev–Trinajstić information content (AvgIpc) is 2.69. The molecular weight excluding hydrogens is 511 g/mol. The van der Waals surface area contributed by atoms with Crippen LogP contribution in [0.4, 0.5) is 0 Å². The third kappa shape index (κ3) is 5.10. The van der Waals surface area contributed by atoms with Crippen LogP contribution in [0, 0.1) is 0 Å². The zero-order valence-corrected chi connectivity index (χ0v) is 19.4. The number of ether oxygens (including phenoxy) is 1. The Kier molecular flexibility index (Phi) is 7.31. The molecule has 1 aliphatic rings. The Morgan fingerprint density at radius 1 is 1.20 bits per heavy atom. The molecule has 0 saturated carbocycles. The fourth-order valence-electron chi connectivity index (χ4n) is 2.67. The number of amides is 2. The van der Waals surface area contributed by atoms with E-state index >= 15 is 0 Å². The summed E-state index contributed by atoms with van der Waals surface area (Å²) in [6.07, 6.45) is 3.04. The van der Waals surface area contributed by atoms with Crippen LogP contribution < -0.4 is 10.1 Å². The van der Waals surface area contributed by atoms with Gasteiger partial charge in [-0.15, -0.1) is 6.58 Å². The van der Waals surface area contributed by atoms with Gasteiger partial charge in [0, 0.05) is 22.2 Å². The summed E-state index contributed by atoms with van der Waals surface area (Å²) in [5.41, 5.74) is 1.42. The zero-order valence-electron chi connectivity index (χ0n) is 15.5. The molecule has 0 unspecified atom stereocenters. The van der Waals surface area contributed by atoms with Gasteiger partial charge in [-0.2, -0.15) is 0 Å². The van der Waals surface area contributed by atoms with Crippen LogP contribution in [0.5, 0.6) is 5.75 Å². The smallest absolute Gasteiger partial charge is 0.265 e. The van der Waals surface area contributed by atoms with Gasteiger partial charge in [0.1, 0.15) is 17.9 Å². The maximum absolute atomic E-state index is 12.6. The van der Waals surface area contributed by atoms with Crippen LogP contribution in [-0.2, 0) is 16.2 Å². The second-order valence-electron chi connectivity index (χ2n) is 6.24. The van der Waals surface area contributed by atoms with E-state index in [1.807, 2.05) is 0 Å². The highest BCUT2D eigenvalue weighted by Crippen LogP contribution is 2.29. The van der Waals surface area contributed by atoms with Crippen molar-refractivity contribution in [2.45, 2.75) is 6.61 Å². The molecule has 0 bridgehead atoms. The number of halogens is 3. The van der Waals surface area contributed by atoms with E-state index in [9.17, 15) is 9.59 Å². The minimum absolute atomic E-state index is 0.0148. The molecule has 0 atom stereocenters. The average molecular weight is 526 g/mol. The summed E-state index contributed by atoms with van der Waals surface area (Å²) in [6, 6.07) is 10.4. The van der Waals surface area contributed by atoms with Crippen molar-refractivity contribution in [3.8, 4) is 5.75 Å². The maximum atomic E-state index is 12.6. The molecule has 0 aromatic heterocycles. The van der Waals surface area contributed by atoms with Crippen molar-refractivity contribution >= 4 is 74.4 Å². The summed E-state index contributed by atoms with van der Waals surface area (Å²) < 4.78 is 6.47. The first-order valence-electron chi connectivity index (χ1n) is 8.66. The zero-order chi connectivity index (χ0) is 21.8. The van der Waals surface area contributed by atoms with Crippen LogP contribution in [0.3, 0.4) is 0 Å². The van der Waals surface area contributed by atoms with E-state index in [-0.39, 0.29) is 23.8 Å². The Morgan fingerprint density at radius 2 is 1.97 bits per heavy atom. The van der Waals surface area contributed by atoms with Crippen molar-refractivity contribution in [2.75, 3.05) is 6.54 Å². The van der Waals surface area contributed by atoms with E-state index in [2.05, 4.69) is 27.8 Å². The molecule has 5 nitrogen and oxygen atoms in total. The van der Waals surface area contributed by atoms with E-state index in [1.54, 1.807) is 36.4 Å². The normalized spacial score (nSPS) is 15.4. The first-order chi connectivity index (χ1) is 14.3. The van der Waals surface area contributed by atoms with E-state index in [0.717, 1.165) is 5.56 Å². The van der Waals surface area contributed by atoms with Crippen LogP contribution in [0.25, 0.3) is 6.08 Å². The second kappa shape index (κ2) is 9.75. The number of hydrogen-bond donors (Lipinski definition) is 1. The number of carbonyl (C=O) groups is 2. The Balaban J connectivity index is 1.78. The molecule has 1 fully saturated rings. The number of nitrogens with zero attached hydrogens (tertiary/aromatic N) is 1. The lowest BCUT2D eigenvalue weighted by molar-refractivity contribution is -0.128. The summed E-state index contributed by atoms with van der Waals surface area (Å²) in [5, 5.41) is 3.64. The van der Waals surface area contributed by atoms with Crippen LogP contribution in [0.1, 0.15) is 11.1 Å². The molecule has 1 aliphatic heterocycles. The fraction of sp³-hybridized carbons (Fsp3) is 0.0952. The lowest BCUT2D eigenvalue weighted by Crippen LogP contribution is -2.53. The molecule has 0 spiro atoms. The number of nitrogens with one attached hydrogen (secondary N) is 1.